The molecule has 1 aliphatic heterocycles. The zero-order valence-electron chi connectivity index (χ0n) is 14.3. The quantitative estimate of drug-likeness (QED) is 0.661. The van der Waals surface area contributed by atoms with Crippen molar-refractivity contribution in [1.82, 2.24) is 19.9 Å². The molecule has 1 aliphatic rings. The van der Waals surface area contributed by atoms with Crippen LogP contribution in [0.15, 0.2) is 53.8 Å². The maximum Gasteiger partial charge on any atom is 0.256 e. The second kappa shape index (κ2) is 7.29. The van der Waals surface area contributed by atoms with Gasteiger partial charge in [0.05, 0.1) is 29.3 Å². The number of carbonyl (C=O) groups excluding carboxylic acids is 1. The highest BCUT2D eigenvalue weighted by Gasteiger charge is 2.29. The Morgan fingerprint density at radius 2 is 2.04 bits per heavy atom. The average molecular weight is 366 g/mol. The SMILES string of the molecule is CSc1ncccc1C(=O)N1CCC(Oc2cnc3ccccc3n2)C1. The Kier molecular flexibility index (Phi) is 4.71. The molecule has 26 heavy (non-hydrogen) atoms. The molecule has 1 aromatic carbocycles. The van der Waals surface area contributed by atoms with E-state index < -0.39 is 0 Å². The van der Waals surface area contributed by atoms with E-state index in [1.165, 1.54) is 11.8 Å². The molecule has 4 rings (SSSR count). The molecular weight excluding hydrogens is 348 g/mol. The number of nitrogens with zero attached hydrogens (tertiary/aromatic N) is 4. The molecule has 1 saturated heterocycles. The number of carbonyl (C=O) groups is 1. The predicted octanol–water partition coefficient (Wildman–Crippen LogP) is 3.04. The summed E-state index contributed by atoms with van der Waals surface area (Å²) in [5, 5.41) is 0.752. The highest BCUT2D eigenvalue weighted by atomic mass is 32.2. The number of rotatable bonds is 4. The summed E-state index contributed by atoms with van der Waals surface area (Å²) in [7, 11) is 0. The van der Waals surface area contributed by atoms with Crippen molar-refractivity contribution in [3.63, 3.8) is 0 Å². The lowest BCUT2D eigenvalue weighted by atomic mass is 10.2. The predicted molar refractivity (Wildman–Crippen MR) is 100 cm³/mol. The van der Waals surface area contributed by atoms with Gasteiger partial charge in [-0.15, -0.1) is 11.8 Å². The number of ether oxygens (including phenoxy) is 1. The van der Waals surface area contributed by atoms with Crippen LogP contribution in [0.5, 0.6) is 5.88 Å². The molecule has 0 spiro atoms. The zero-order valence-corrected chi connectivity index (χ0v) is 15.1. The number of thioether (sulfide) groups is 1. The van der Waals surface area contributed by atoms with Crippen molar-refractivity contribution in [2.45, 2.75) is 17.6 Å². The summed E-state index contributed by atoms with van der Waals surface area (Å²) in [6.45, 7) is 1.20. The maximum absolute atomic E-state index is 12.8. The van der Waals surface area contributed by atoms with Gasteiger partial charge in [-0.25, -0.2) is 15.0 Å². The Balaban J connectivity index is 1.45. The van der Waals surface area contributed by atoms with E-state index in [2.05, 4.69) is 15.0 Å². The molecule has 132 valence electrons. The summed E-state index contributed by atoms with van der Waals surface area (Å²) in [6.07, 6.45) is 5.96. The van der Waals surface area contributed by atoms with Crippen LogP contribution in [-0.2, 0) is 0 Å². The molecule has 0 aliphatic carbocycles. The Labute approximate surface area is 155 Å². The third-order valence-electron chi connectivity index (χ3n) is 4.34. The van der Waals surface area contributed by atoms with Crippen LogP contribution in [0.1, 0.15) is 16.8 Å². The minimum atomic E-state index is -0.0798. The Bertz CT molecular complexity index is 949. The molecule has 0 radical (unpaired) electrons. The van der Waals surface area contributed by atoms with Crippen molar-refractivity contribution in [2.24, 2.45) is 0 Å². The topological polar surface area (TPSA) is 68.2 Å². The fourth-order valence-corrected chi connectivity index (χ4v) is 3.60. The molecule has 1 unspecified atom stereocenters. The number of aromatic nitrogens is 3. The van der Waals surface area contributed by atoms with Gasteiger partial charge in [-0.1, -0.05) is 12.1 Å². The standard InChI is InChI=1S/C19H18N4O2S/c1-26-18-14(5-4-9-20-18)19(24)23-10-8-13(12-23)25-17-11-21-15-6-2-3-7-16(15)22-17/h2-7,9,11,13H,8,10,12H2,1H3. The van der Waals surface area contributed by atoms with E-state index in [0.717, 1.165) is 22.5 Å². The highest BCUT2D eigenvalue weighted by Crippen LogP contribution is 2.23. The summed E-state index contributed by atoms with van der Waals surface area (Å²) in [5.74, 6) is 0.493. The second-order valence-electron chi connectivity index (χ2n) is 6.04. The van der Waals surface area contributed by atoms with E-state index in [4.69, 9.17) is 4.74 Å². The summed E-state index contributed by atoms with van der Waals surface area (Å²) in [5.41, 5.74) is 2.28. The Hall–Kier alpha value is -2.67. The summed E-state index contributed by atoms with van der Waals surface area (Å²) >= 11 is 1.48. The molecule has 1 fully saturated rings. The fraction of sp³-hybridized carbons (Fsp3) is 0.263. The lowest BCUT2D eigenvalue weighted by Crippen LogP contribution is -2.31. The van der Waals surface area contributed by atoms with E-state index >= 15 is 0 Å². The summed E-state index contributed by atoms with van der Waals surface area (Å²) in [4.78, 5) is 27.7. The minimum absolute atomic E-state index is 0.00172. The highest BCUT2D eigenvalue weighted by molar-refractivity contribution is 7.98. The first kappa shape index (κ1) is 16.8. The Morgan fingerprint density at radius 3 is 2.88 bits per heavy atom. The number of likely N-dealkylation sites (tertiary alicyclic amines) is 1. The van der Waals surface area contributed by atoms with Gasteiger partial charge < -0.3 is 9.64 Å². The molecule has 1 atom stereocenters. The van der Waals surface area contributed by atoms with Gasteiger partial charge >= 0.3 is 0 Å². The number of hydrogen-bond donors (Lipinski definition) is 0. The van der Waals surface area contributed by atoms with Crippen molar-refractivity contribution >= 4 is 28.7 Å². The van der Waals surface area contributed by atoms with Crippen LogP contribution in [0.4, 0.5) is 0 Å². The van der Waals surface area contributed by atoms with Crippen molar-refractivity contribution in [1.29, 1.82) is 0 Å². The smallest absolute Gasteiger partial charge is 0.256 e. The number of benzene rings is 1. The number of pyridine rings is 1. The number of amides is 1. The maximum atomic E-state index is 12.8. The van der Waals surface area contributed by atoms with Gasteiger partial charge in [0.25, 0.3) is 5.91 Å². The van der Waals surface area contributed by atoms with Crippen molar-refractivity contribution < 1.29 is 9.53 Å². The molecule has 0 saturated carbocycles. The van der Waals surface area contributed by atoms with Crippen LogP contribution in [0.25, 0.3) is 11.0 Å². The van der Waals surface area contributed by atoms with Gasteiger partial charge in [-0.3, -0.25) is 4.79 Å². The first-order valence-electron chi connectivity index (χ1n) is 8.41. The molecule has 3 heterocycles. The van der Waals surface area contributed by atoms with Gasteiger partial charge in [0, 0.05) is 19.2 Å². The van der Waals surface area contributed by atoms with Crippen LogP contribution in [-0.4, -0.2) is 51.2 Å². The molecule has 6 nitrogen and oxygen atoms in total. The van der Waals surface area contributed by atoms with Gasteiger partial charge in [-0.05, 0) is 30.5 Å². The van der Waals surface area contributed by atoms with E-state index in [1.807, 2.05) is 41.5 Å². The van der Waals surface area contributed by atoms with E-state index in [9.17, 15) is 4.79 Å². The van der Waals surface area contributed by atoms with Gasteiger partial charge in [-0.2, -0.15) is 0 Å². The van der Waals surface area contributed by atoms with Crippen LogP contribution >= 0.6 is 11.8 Å². The minimum Gasteiger partial charge on any atom is -0.471 e. The monoisotopic (exact) mass is 366 g/mol. The van der Waals surface area contributed by atoms with Crippen LogP contribution in [0.2, 0.25) is 0 Å². The van der Waals surface area contributed by atoms with Crippen molar-refractivity contribution in [2.75, 3.05) is 19.3 Å². The molecule has 1 amide bonds. The number of para-hydroxylation sites is 2. The molecule has 3 aromatic rings. The van der Waals surface area contributed by atoms with Crippen LogP contribution in [0, 0.1) is 0 Å². The van der Waals surface area contributed by atoms with Crippen molar-refractivity contribution in [3.8, 4) is 5.88 Å². The van der Waals surface area contributed by atoms with E-state index in [1.54, 1.807) is 18.5 Å². The third-order valence-corrected chi connectivity index (χ3v) is 5.05. The largest absolute Gasteiger partial charge is 0.471 e. The first-order chi connectivity index (χ1) is 12.7. The second-order valence-corrected chi connectivity index (χ2v) is 6.83. The lowest BCUT2D eigenvalue weighted by molar-refractivity contribution is 0.0767. The molecular formula is C19H18N4O2S. The van der Waals surface area contributed by atoms with E-state index in [-0.39, 0.29) is 12.0 Å². The number of fused-ring (bicyclic) bond motifs is 1. The normalized spacial score (nSPS) is 16.8. The first-order valence-corrected chi connectivity index (χ1v) is 9.64. The average Bonchev–Trinajstić information content (AvgIpc) is 3.15. The van der Waals surface area contributed by atoms with Gasteiger partial charge in [0.1, 0.15) is 11.1 Å². The van der Waals surface area contributed by atoms with Gasteiger partial charge in [0.15, 0.2) is 0 Å². The lowest BCUT2D eigenvalue weighted by Gasteiger charge is -2.18. The van der Waals surface area contributed by atoms with Crippen molar-refractivity contribution in [3.05, 3.63) is 54.4 Å². The van der Waals surface area contributed by atoms with Gasteiger partial charge in [0.2, 0.25) is 5.88 Å². The number of hydrogen-bond acceptors (Lipinski definition) is 6. The summed E-state index contributed by atoms with van der Waals surface area (Å²) in [6, 6.07) is 11.3. The molecule has 7 heteroatoms. The molecule has 0 bridgehead atoms. The summed E-state index contributed by atoms with van der Waals surface area (Å²) < 4.78 is 5.97. The molecule has 0 N–H and O–H groups in total. The van der Waals surface area contributed by atoms with E-state index in [0.29, 0.717) is 24.5 Å². The fourth-order valence-electron chi connectivity index (χ4n) is 3.06. The Morgan fingerprint density at radius 1 is 1.19 bits per heavy atom. The van der Waals surface area contributed by atoms with Crippen LogP contribution in [0.3, 0.4) is 0 Å². The molecule has 2 aromatic heterocycles. The zero-order chi connectivity index (χ0) is 17.9. The third kappa shape index (κ3) is 3.35. The van der Waals surface area contributed by atoms with Crippen LogP contribution < -0.4 is 4.74 Å².